The summed E-state index contributed by atoms with van der Waals surface area (Å²) in [7, 11) is -0.765. The molecule has 112 valence electrons. The lowest BCUT2D eigenvalue weighted by atomic mass is 10.3. The summed E-state index contributed by atoms with van der Waals surface area (Å²) in [6.45, 7) is 0. The molecule has 1 N–H and O–H groups in total. The number of esters is 1. The first-order chi connectivity index (χ1) is 9.38. The van der Waals surface area contributed by atoms with Gasteiger partial charge in [-0.25, -0.2) is 8.42 Å². The van der Waals surface area contributed by atoms with Gasteiger partial charge in [0.25, 0.3) is 0 Å². The Hall–Kier alpha value is -1.28. The van der Waals surface area contributed by atoms with Crippen LogP contribution in [0.2, 0.25) is 0 Å². The van der Waals surface area contributed by atoms with E-state index in [-0.39, 0.29) is 18.6 Å². The van der Waals surface area contributed by atoms with Crippen molar-refractivity contribution < 1.29 is 22.7 Å². The molecule has 1 aromatic rings. The Morgan fingerprint density at radius 3 is 2.65 bits per heavy atom. The van der Waals surface area contributed by atoms with Crippen molar-refractivity contribution in [3.63, 3.8) is 0 Å². The highest BCUT2D eigenvalue weighted by atomic mass is 79.9. The maximum absolute atomic E-state index is 11.9. The van der Waals surface area contributed by atoms with Crippen molar-refractivity contribution >= 4 is 37.6 Å². The molecule has 0 heterocycles. The molecule has 0 saturated heterocycles. The summed E-state index contributed by atoms with van der Waals surface area (Å²) < 4.78 is 36.3. The summed E-state index contributed by atoms with van der Waals surface area (Å²) in [5, 5.41) is 0. The molecule has 0 unspecified atom stereocenters. The molecule has 20 heavy (non-hydrogen) atoms. The predicted octanol–water partition coefficient (Wildman–Crippen LogP) is 2.15. The van der Waals surface area contributed by atoms with Crippen LogP contribution in [0.5, 0.6) is 5.75 Å². The second kappa shape index (κ2) is 7.49. The number of carbonyl (C=O) groups excluding carboxylic acids is 1. The predicted molar refractivity (Wildman–Crippen MR) is 79.4 cm³/mol. The van der Waals surface area contributed by atoms with Crippen molar-refractivity contribution in [1.29, 1.82) is 0 Å². The van der Waals surface area contributed by atoms with Gasteiger partial charge in [0.2, 0.25) is 10.0 Å². The Labute approximate surface area is 126 Å². The Kier molecular flexibility index (Phi) is 6.28. The zero-order chi connectivity index (χ0) is 15.2. The third-order valence-corrected chi connectivity index (χ3v) is 4.51. The lowest BCUT2D eigenvalue weighted by Crippen LogP contribution is -2.18. The second-order valence-electron chi connectivity index (χ2n) is 3.95. The molecule has 0 aliphatic heterocycles. The van der Waals surface area contributed by atoms with Crippen molar-refractivity contribution in [3.8, 4) is 5.75 Å². The number of rotatable bonds is 7. The van der Waals surface area contributed by atoms with E-state index in [4.69, 9.17) is 4.74 Å². The van der Waals surface area contributed by atoms with Gasteiger partial charge in [0, 0.05) is 17.0 Å². The van der Waals surface area contributed by atoms with Crippen molar-refractivity contribution in [2.75, 3.05) is 24.7 Å². The Bertz CT molecular complexity index is 573. The highest BCUT2D eigenvalue weighted by Crippen LogP contribution is 2.28. The lowest BCUT2D eigenvalue weighted by Gasteiger charge is -2.11. The fraction of sp³-hybridized carbons (Fsp3) is 0.417. The Morgan fingerprint density at radius 1 is 1.35 bits per heavy atom. The summed E-state index contributed by atoms with van der Waals surface area (Å²) in [5.74, 6) is -0.0469. The van der Waals surface area contributed by atoms with Gasteiger partial charge in [0.15, 0.2) is 0 Å². The molecule has 0 saturated carbocycles. The number of benzene rings is 1. The third-order valence-electron chi connectivity index (χ3n) is 2.46. The van der Waals surface area contributed by atoms with E-state index in [0.29, 0.717) is 15.9 Å². The zero-order valence-electron chi connectivity index (χ0n) is 11.2. The first-order valence-electron chi connectivity index (χ1n) is 5.79. The van der Waals surface area contributed by atoms with Crippen LogP contribution < -0.4 is 9.46 Å². The van der Waals surface area contributed by atoms with E-state index in [1.165, 1.54) is 14.2 Å². The number of methoxy groups -OCH3 is 2. The lowest BCUT2D eigenvalue weighted by molar-refractivity contribution is -0.140. The minimum atomic E-state index is -3.53. The molecule has 1 aromatic carbocycles. The van der Waals surface area contributed by atoms with Crippen LogP contribution in [0.1, 0.15) is 12.8 Å². The number of ether oxygens (including phenoxy) is 2. The van der Waals surface area contributed by atoms with Crippen LogP contribution in [0.15, 0.2) is 22.7 Å². The standard InChI is InChI=1S/C12H16BrNO5S/c1-18-9-5-6-10(13)11(8-9)14-20(16,17)7-3-4-12(15)19-2/h5-6,8,14H,3-4,7H2,1-2H3. The number of nitrogens with one attached hydrogen (secondary N) is 1. The minimum absolute atomic E-state index is 0.0662. The van der Waals surface area contributed by atoms with Crippen LogP contribution in [0.4, 0.5) is 5.69 Å². The molecule has 0 amide bonds. The van der Waals surface area contributed by atoms with Gasteiger partial charge in [-0.1, -0.05) is 0 Å². The highest BCUT2D eigenvalue weighted by Gasteiger charge is 2.14. The summed E-state index contributed by atoms with van der Waals surface area (Å²) in [6, 6.07) is 4.96. The molecule has 0 aliphatic carbocycles. The smallest absolute Gasteiger partial charge is 0.305 e. The van der Waals surface area contributed by atoms with Gasteiger partial charge in [-0.3, -0.25) is 9.52 Å². The summed E-state index contributed by atoms with van der Waals surface area (Å²) in [5.41, 5.74) is 0.391. The van der Waals surface area contributed by atoms with Crippen LogP contribution in [0.25, 0.3) is 0 Å². The van der Waals surface area contributed by atoms with Crippen LogP contribution in [0.3, 0.4) is 0 Å². The maximum atomic E-state index is 11.9. The summed E-state index contributed by atoms with van der Waals surface area (Å²) in [4.78, 5) is 10.9. The fourth-order valence-electron chi connectivity index (χ4n) is 1.44. The molecule has 0 atom stereocenters. The Balaban J connectivity index is 2.68. The van der Waals surface area contributed by atoms with Gasteiger partial charge in [0.1, 0.15) is 5.75 Å². The van der Waals surface area contributed by atoms with Crippen LogP contribution in [-0.4, -0.2) is 34.4 Å². The normalized spacial score (nSPS) is 10.9. The van der Waals surface area contributed by atoms with Gasteiger partial charge in [-0.15, -0.1) is 0 Å². The molecule has 0 radical (unpaired) electrons. The second-order valence-corrected chi connectivity index (χ2v) is 6.64. The van der Waals surface area contributed by atoms with E-state index in [1.54, 1.807) is 18.2 Å². The van der Waals surface area contributed by atoms with Gasteiger partial charge in [-0.2, -0.15) is 0 Å². The van der Waals surface area contributed by atoms with Gasteiger partial charge < -0.3 is 9.47 Å². The SMILES string of the molecule is COC(=O)CCCS(=O)(=O)Nc1cc(OC)ccc1Br. The molecule has 0 aliphatic rings. The van der Waals surface area contributed by atoms with Gasteiger partial charge in [-0.05, 0) is 34.5 Å². The molecule has 6 nitrogen and oxygen atoms in total. The molecule has 0 fully saturated rings. The van der Waals surface area contributed by atoms with E-state index >= 15 is 0 Å². The summed E-state index contributed by atoms with van der Waals surface area (Å²) >= 11 is 3.26. The number of hydrogen-bond donors (Lipinski definition) is 1. The number of carbonyl (C=O) groups is 1. The summed E-state index contributed by atoms with van der Waals surface area (Å²) in [6.07, 6.45) is 0.264. The molecular weight excluding hydrogens is 350 g/mol. The fourth-order valence-corrected chi connectivity index (χ4v) is 3.04. The van der Waals surface area contributed by atoms with E-state index in [2.05, 4.69) is 25.4 Å². The number of hydrogen-bond acceptors (Lipinski definition) is 5. The maximum Gasteiger partial charge on any atom is 0.305 e. The van der Waals surface area contributed by atoms with E-state index < -0.39 is 16.0 Å². The number of halogens is 1. The topological polar surface area (TPSA) is 81.7 Å². The average Bonchev–Trinajstić information content (AvgIpc) is 2.40. The van der Waals surface area contributed by atoms with Crippen molar-refractivity contribution in [2.24, 2.45) is 0 Å². The molecule has 0 spiro atoms. The quantitative estimate of drug-likeness (QED) is 0.748. The minimum Gasteiger partial charge on any atom is -0.497 e. The first-order valence-corrected chi connectivity index (χ1v) is 8.23. The van der Waals surface area contributed by atoms with E-state index in [0.717, 1.165) is 0 Å². The van der Waals surface area contributed by atoms with Crippen molar-refractivity contribution in [3.05, 3.63) is 22.7 Å². The Morgan fingerprint density at radius 2 is 2.05 bits per heavy atom. The van der Waals surface area contributed by atoms with Gasteiger partial charge in [0.05, 0.1) is 25.7 Å². The average molecular weight is 366 g/mol. The zero-order valence-corrected chi connectivity index (χ0v) is 13.6. The van der Waals surface area contributed by atoms with Crippen LogP contribution in [0, 0.1) is 0 Å². The van der Waals surface area contributed by atoms with Crippen LogP contribution in [-0.2, 0) is 19.6 Å². The van der Waals surface area contributed by atoms with Crippen molar-refractivity contribution in [1.82, 2.24) is 0 Å². The van der Waals surface area contributed by atoms with E-state index in [9.17, 15) is 13.2 Å². The highest BCUT2D eigenvalue weighted by molar-refractivity contribution is 9.10. The molecule has 0 aromatic heterocycles. The van der Waals surface area contributed by atoms with Crippen molar-refractivity contribution in [2.45, 2.75) is 12.8 Å². The monoisotopic (exact) mass is 365 g/mol. The van der Waals surface area contributed by atoms with E-state index in [1.807, 2.05) is 0 Å². The van der Waals surface area contributed by atoms with Gasteiger partial charge >= 0.3 is 5.97 Å². The third kappa shape index (κ3) is 5.38. The molecular formula is C12H16BrNO5S. The molecule has 8 heteroatoms. The first kappa shape index (κ1) is 16.8. The van der Waals surface area contributed by atoms with Crippen LogP contribution >= 0.6 is 15.9 Å². The molecule has 1 rings (SSSR count). The number of anilines is 1. The molecule has 0 bridgehead atoms. The largest absolute Gasteiger partial charge is 0.497 e. The number of sulfonamides is 1.